The Balaban J connectivity index is 2.34. The number of hydrogen-bond acceptors (Lipinski definition) is 7. The number of anilines is 1. The van der Waals surface area contributed by atoms with Crippen molar-refractivity contribution in [2.24, 2.45) is 0 Å². The molecular weight excluding hydrogens is 268 g/mol. The summed E-state index contributed by atoms with van der Waals surface area (Å²) in [6.07, 6.45) is 3.02. The first-order valence-electron chi connectivity index (χ1n) is 5.54. The zero-order valence-corrected chi connectivity index (χ0v) is 11.1. The molecular formula is C11H14N4O3S. The van der Waals surface area contributed by atoms with Gasteiger partial charge in [-0.2, -0.15) is 0 Å². The van der Waals surface area contributed by atoms with E-state index in [1.807, 2.05) is 0 Å². The number of nitrogens with one attached hydrogen (secondary N) is 1. The molecule has 0 unspecified atom stereocenters. The van der Waals surface area contributed by atoms with Gasteiger partial charge in [0.15, 0.2) is 0 Å². The normalized spacial score (nSPS) is 11.7. The van der Waals surface area contributed by atoms with Crippen LogP contribution in [0.2, 0.25) is 0 Å². The van der Waals surface area contributed by atoms with Gasteiger partial charge in [0.25, 0.3) is 5.91 Å². The van der Waals surface area contributed by atoms with E-state index in [1.54, 1.807) is 0 Å². The first-order valence-corrected chi connectivity index (χ1v) is 6.35. The van der Waals surface area contributed by atoms with E-state index in [0.717, 1.165) is 11.3 Å². The number of nitrogen functional groups attached to an aromatic ring is 1. The maximum Gasteiger partial charge on any atom is 0.264 e. The first-order chi connectivity index (χ1) is 9.00. The van der Waals surface area contributed by atoms with Gasteiger partial charge in [-0.05, 0) is 6.92 Å². The average Bonchev–Trinajstić information content (AvgIpc) is 2.76. The Kier molecular flexibility index (Phi) is 3.65. The van der Waals surface area contributed by atoms with E-state index in [1.165, 1.54) is 19.3 Å². The number of hydrogen-bond donors (Lipinski definition) is 4. The third-order valence-corrected chi connectivity index (χ3v) is 3.78. The van der Waals surface area contributed by atoms with Crippen LogP contribution in [0.5, 0.6) is 0 Å². The molecule has 8 heteroatoms. The van der Waals surface area contributed by atoms with Gasteiger partial charge in [0.05, 0.1) is 24.4 Å². The number of carbonyl (C=O) groups excluding carboxylic acids is 1. The molecule has 0 spiro atoms. The minimum Gasteiger partial charge on any atom is -0.396 e. The first kappa shape index (κ1) is 13.7. The Bertz CT molecular complexity index is 609. The molecule has 19 heavy (non-hydrogen) atoms. The Morgan fingerprint density at radius 2 is 2.05 bits per heavy atom. The van der Waals surface area contributed by atoms with E-state index in [0.29, 0.717) is 10.3 Å². The van der Waals surface area contributed by atoms with Crippen LogP contribution in [0.15, 0.2) is 12.4 Å². The van der Waals surface area contributed by atoms with Gasteiger partial charge in [0.1, 0.15) is 15.2 Å². The van der Waals surface area contributed by atoms with E-state index in [2.05, 4.69) is 15.3 Å². The maximum atomic E-state index is 12.1. The standard InChI is InChI=1S/C11H14N4O3S/c1-11(4-16,5-17)15-9(18)8-6(12)7-10(19-8)14-3-2-13-7/h2-3,16-17H,4-5,12H2,1H3,(H,15,18). The van der Waals surface area contributed by atoms with Gasteiger partial charge in [-0.3, -0.25) is 4.79 Å². The summed E-state index contributed by atoms with van der Waals surface area (Å²) in [4.78, 5) is 21.1. The van der Waals surface area contributed by atoms with Crippen LogP contribution in [0.25, 0.3) is 10.3 Å². The fourth-order valence-corrected chi connectivity index (χ4v) is 2.39. The Morgan fingerprint density at radius 3 is 2.63 bits per heavy atom. The van der Waals surface area contributed by atoms with Crippen LogP contribution in [0.3, 0.4) is 0 Å². The number of nitrogens with two attached hydrogens (primary N) is 1. The number of fused-ring (bicyclic) bond motifs is 1. The highest BCUT2D eigenvalue weighted by Crippen LogP contribution is 2.30. The summed E-state index contributed by atoms with van der Waals surface area (Å²) >= 11 is 1.12. The molecule has 2 rings (SSSR count). The third-order valence-electron chi connectivity index (χ3n) is 2.68. The highest BCUT2D eigenvalue weighted by molar-refractivity contribution is 7.21. The van der Waals surface area contributed by atoms with Gasteiger partial charge in [0.2, 0.25) is 0 Å². The molecule has 0 fully saturated rings. The summed E-state index contributed by atoms with van der Waals surface area (Å²) in [5.41, 5.74) is 5.50. The molecule has 102 valence electrons. The van der Waals surface area contributed by atoms with Gasteiger partial charge >= 0.3 is 0 Å². The highest BCUT2D eigenvalue weighted by Gasteiger charge is 2.27. The molecule has 0 aromatic carbocycles. The maximum absolute atomic E-state index is 12.1. The summed E-state index contributed by atoms with van der Waals surface area (Å²) in [6, 6.07) is 0. The number of aromatic nitrogens is 2. The molecule has 0 saturated heterocycles. The van der Waals surface area contributed by atoms with Crippen LogP contribution in [0, 0.1) is 0 Å². The van der Waals surface area contributed by atoms with Crippen molar-refractivity contribution in [1.82, 2.24) is 15.3 Å². The van der Waals surface area contributed by atoms with Crippen LogP contribution in [0.4, 0.5) is 5.69 Å². The van der Waals surface area contributed by atoms with Crippen molar-refractivity contribution in [2.45, 2.75) is 12.5 Å². The van der Waals surface area contributed by atoms with Crippen molar-refractivity contribution in [2.75, 3.05) is 18.9 Å². The molecule has 7 nitrogen and oxygen atoms in total. The van der Waals surface area contributed by atoms with Crippen LogP contribution >= 0.6 is 11.3 Å². The van der Waals surface area contributed by atoms with Crippen molar-refractivity contribution in [1.29, 1.82) is 0 Å². The molecule has 0 saturated carbocycles. The lowest BCUT2D eigenvalue weighted by Crippen LogP contribution is -2.51. The van der Waals surface area contributed by atoms with Crippen LogP contribution in [0.1, 0.15) is 16.6 Å². The molecule has 1 amide bonds. The molecule has 5 N–H and O–H groups in total. The quantitative estimate of drug-likeness (QED) is 0.613. The Morgan fingerprint density at radius 1 is 1.42 bits per heavy atom. The fourth-order valence-electron chi connectivity index (χ4n) is 1.47. The number of carbonyl (C=O) groups is 1. The zero-order chi connectivity index (χ0) is 14.0. The molecule has 0 atom stereocenters. The molecule has 0 aliphatic carbocycles. The summed E-state index contributed by atoms with van der Waals surface area (Å²) in [5, 5.41) is 20.9. The van der Waals surface area contributed by atoms with Crippen molar-refractivity contribution in [3.8, 4) is 0 Å². The lowest BCUT2D eigenvalue weighted by atomic mass is 10.1. The van der Waals surface area contributed by atoms with Crippen LogP contribution in [-0.2, 0) is 0 Å². The predicted octanol–water partition coefficient (Wildman–Crippen LogP) is -0.253. The smallest absolute Gasteiger partial charge is 0.264 e. The number of rotatable bonds is 4. The van der Waals surface area contributed by atoms with E-state index in [-0.39, 0.29) is 23.8 Å². The molecule has 0 radical (unpaired) electrons. The van der Waals surface area contributed by atoms with Crippen molar-refractivity contribution >= 4 is 33.3 Å². The minimum absolute atomic E-state index is 0.254. The summed E-state index contributed by atoms with van der Waals surface area (Å²) in [5.74, 6) is -0.465. The number of aliphatic hydroxyl groups is 2. The fraction of sp³-hybridized carbons (Fsp3) is 0.364. The van der Waals surface area contributed by atoms with Gasteiger partial charge in [-0.15, -0.1) is 11.3 Å². The monoisotopic (exact) mass is 282 g/mol. The van der Waals surface area contributed by atoms with E-state index < -0.39 is 11.4 Å². The van der Waals surface area contributed by atoms with E-state index >= 15 is 0 Å². The van der Waals surface area contributed by atoms with Gasteiger partial charge in [0, 0.05) is 12.4 Å². The predicted molar refractivity (Wildman–Crippen MR) is 71.9 cm³/mol. The SMILES string of the molecule is CC(CO)(CO)NC(=O)c1sc2nccnc2c1N. The lowest BCUT2D eigenvalue weighted by Gasteiger charge is -2.25. The zero-order valence-electron chi connectivity index (χ0n) is 10.3. The topological polar surface area (TPSA) is 121 Å². The molecule has 2 aromatic heterocycles. The second kappa shape index (κ2) is 5.08. The number of aliphatic hydroxyl groups excluding tert-OH is 2. The highest BCUT2D eigenvalue weighted by atomic mass is 32.1. The lowest BCUT2D eigenvalue weighted by molar-refractivity contribution is 0.0728. The molecule has 0 aliphatic heterocycles. The van der Waals surface area contributed by atoms with Crippen molar-refractivity contribution < 1.29 is 15.0 Å². The molecule has 0 bridgehead atoms. The molecule has 2 heterocycles. The van der Waals surface area contributed by atoms with Gasteiger partial charge in [-0.1, -0.05) is 0 Å². The van der Waals surface area contributed by atoms with Gasteiger partial charge in [-0.25, -0.2) is 9.97 Å². The summed E-state index contributed by atoms with van der Waals surface area (Å²) in [7, 11) is 0. The van der Waals surface area contributed by atoms with Crippen molar-refractivity contribution in [3.05, 3.63) is 17.3 Å². The van der Waals surface area contributed by atoms with E-state index in [9.17, 15) is 4.79 Å². The minimum atomic E-state index is -1.10. The van der Waals surface area contributed by atoms with Gasteiger partial charge < -0.3 is 21.3 Å². The Labute approximate surface area is 113 Å². The molecule has 0 aliphatic rings. The second-order valence-corrected chi connectivity index (χ2v) is 5.39. The van der Waals surface area contributed by atoms with Crippen molar-refractivity contribution in [3.63, 3.8) is 0 Å². The average molecular weight is 282 g/mol. The number of amides is 1. The summed E-state index contributed by atoms with van der Waals surface area (Å²) in [6.45, 7) is 0.776. The second-order valence-electron chi connectivity index (χ2n) is 4.39. The number of thiophene rings is 1. The third kappa shape index (κ3) is 2.50. The van der Waals surface area contributed by atoms with Crippen LogP contribution < -0.4 is 11.1 Å². The number of nitrogens with zero attached hydrogens (tertiary/aromatic N) is 2. The van der Waals surface area contributed by atoms with Crippen LogP contribution in [-0.4, -0.2) is 44.8 Å². The largest absolute Gasteiger partial charge is 0.396 e. The summed E-state index contributed by atoms with van der Waals surface area (Å²) < 4.78 is 0. The Hall–Kier alpha value is -1.77. The molecule has 2 aromatic rings. The van der Waals surface area contributed by atoms with E-state index in [4.69, 9.17) is 15.9 Å².